The lowest BCUT2D eigenvalue weighted by Crippen LogP contribution is -2.29. The van der Waals surface area contributed by atoms with Crippen molar-refractivity contribution in [3.8, 4) is 0 Å². The van der Waals surface area contributed by atoms with Crippen molar-refractivity contribution < 1.29 is 4.79 Å². The Morgan fingerprint density at radius 2 is 1.73 bits per heavy atom. The van der Waals surface area contributed by atoms with Crippen LogP contribution in [0.2, 0.25) is 10.0 Å². The molecule has 0 atom stereocenters. The topological polar surface area (TPSA) is 41.1 Å². The monoisotopic (exact) mass is 336 g/mol. The Bertz CT molecular complexity index is 642. The second-order valence-electron chi connectivity index (χ2n) is 5.06. The Hall–Kier alpha value is -1.55. The molecule has 2 rings (SSSR count). The van der Waals surface area contributed by atoms with Crippen molar-refractivity contribution in [2.45, 2.75) is 13.3 Å². The van der Waals surface area contributed by atoms with E-state index >= 15 is 0 Å². The maximum Gasteiger partial charge on any atom is 0.238 e. The molecule has 0 unspecified atom stereocenters. The van der Waals surface area contributed by atoms with E-state index in [1.54, 1.807) is 12.1 Å². The summed E-state index contributed by atoms with van der Waals surface area (Å²) in [6.07, 6.45) is 0.848. The zero-order valence-electron chi connectivity index (χ0n) is 12.3. The molecule has 0 radical (unpaired) electrons. The van der Waals surface area contributed by atoms with Gasteiger partial charge in [0.15, 0.2) is 0 Å². The predicted octanol–water partition coefficient (Wildman–Crippen LogP) is 4.07. The van der Waals surface area contributed by atoms with Gasteiger partial charge in [-0.2, -0.15) is 0 Å². The lowest BCUT2D eigenvalue weighted by atomic mass is 10.1. The van der Waals surface area contributed by atoms with Crippen LogP contribution in [-0.4, -0.2) is 19.0 Å². The van der Waals surface area contributed by atoms with E-state index in [0.29, 0.717) is 5.02 Å². The highest BCUT2D eigenvalue weighted by Crippen LogP contribution is 2.19. The van der Waals surface area contributed by atoms with Gasteiger partial charge in [0.05, 0.1) is 6.54 Å². The quantitative estimate of drug-likeness (QED) is 0.780. The number of hydrogen-bond donors (Lipinski definition) is 2. The molecule has 0 fully saturated rings. The fourth-order valence-corrected chi connectivity index (χ4v) is 2.31. The largest absolute Gasteiger partial charge is 0.325 e. The predicted molar refractivity (Wildman–Crippen MR) is 92.8 cm³/mol. The molecule has 0 aliphatic heterocycles. The lowest BCUT2D eigenvalue weighted by Gasteiger charge is -2.09. The molecule has 0 saturated heterocycles. The summed E-state index contributed by atoms with van der Waals surface area (Å²) >= 11 is 11.8. The third-order valence-electron chi connectivity index (χ3n) is 3.26. The molecule has 0 saturated carbocycles. The average Bonchev–Trinajstić information content (AvgIpc) is 2.49. The smallest absolute Gasteiger partial charge is 0.238 e. The first-order chi connectivity index (χ1) is 10.5. The van der Waals surface area contributed by atoms with Gasteiger partial charge in [-0.15, -0.1) is 0 Å². The van der Waals surface area contributed by atoms with Gasteiger partial charge >= 0.3 is 0 Å². The van der Waals surface area contributed by atoms with Crippen LogP contribution in [0.4, 0.5) is 5.69 Å². The SMILES string of the molecule is Cc1ccc(Cl)cc1NC(=O)CNCCc1ccc(Cl)cc1. The van der Waals surface area contributed by atoms with Gasteiger partial charge in [0.25, 0.3) is 0 Å². The van der Waals surface area contributed by atoms with Crippen LogP contribution in [0.5, 0.6) is 0 Å². The van der Waals surface area contributed by atoms with Crippen LogP contribution in [-0.2, 0) is 11.2 Å². The van der Waals surface area contributed by atoms with Crippen LogP contribution in [0.15, 0.2) is 42.5 Å². The zero-order chi connectivity index (χ0) is 15.9. The maximum absolute atomic E-state index is 11.9. The molecule has 1 amide bonds. The highest BCUT2D eigenvalue weighted by atomic mass is 35.5. The van der Waals surface area contributed by atoms with E-state index in [4.69, 9.17) is 23.2 Å². The molecule has 2 aromatic rings. The van der Waals surface area contributed by atoms with Crippen LogP contribution < -0.4 is 10.6 Å². The molecule has 3 nitrogen and oxygen atoms in total. The minimum Gasteiger partial charge on any atom is -0.325 e. The highest BCUT2D eigenvalue weighted by Gasteiger charge is 2.05. The Labute approximate surface area is 140 Å². The van der Waals surface area contributed by atoms with Crippen LogP contribution in [0.1, 0.15) is 11.1 Å². The number of benzene rings is 2. The highest BCUT2D eigenvalue weighted by molar-refractivity contribution is 6.31. The van der Waals surface area contributed by atoms with Gasteiger partial charge in [-0.1, -0.05) is 41.4 Å². The molecular formula is C17H18Cl2N2O. The number of carbonyl (C=O) groups excluding carboxylic acids is 1. The minimum absolute atomic E-state index is 0.0820. The molecule has 2 aromatic carbocycles. The third kappa shape index (κ3) is 5.34. The number of nitrogens with one attached hydrogen (secondary N) is 2. The molecule has 5 heteroatoms. The molecule has 0 heterocycles. The number of halogens is 2. The summed E-state index contributed by atoms with van der Waals surface area (Å²) in [5, 5.41) is 7.32. The number of aryl methyl sites for hydroxylation is 1. The number of amides is 1. The normalized spacial score (nSPS) is 10.5. The van der Waals surface area contributed by atoms with Gasteiger partial charge in [-0.25, -0.2) is 0 Å². The van der Waals surface area contributed by atoms with Crippen LogP contribution in [0.3, 0.4) is 0 Å². The second-order valence-corrected chi connectivity index (χ2v) is 5.93. The van der Waals surface area contributed by atoms with Crippen molar-refractivity contribution in [1.29, 1.82) is 0 Å². The molecule has 0 spiro atoms. The summed E-state index contributed by atoms with van der Waals surface area (Å²) in [4.78, 5) is 11.9. The van der Waals surface area contributed by atoms with Gasteiger partial charge in [0.2, 0.25) is 5.91 Å². The van der Waals surface area contributed by atoms with Crippen molar-refractivity contribution in [3.63, 3.8) is 0 Å². The average molecular weight is 337 g/mol. The van der Waals surface area contributed by atoms with E-state index in [1.807, 2.05) is 37.3 Å². The van der Waals surface area contributed by atoms with E-state index in [2.05, 4.69) is 10.6 Å². The van der Waals surface area contributed by atoms with Crippen molar-refractivity contribution in [3.05, 3.63) is 63.6 Å². The Balaban J connectivity index is 1.74. The van der Waals surface area contributed by atoms with Crippen LogP contribution >= 0.6 is 23.2 Å². The van der Waals surface area contributed by atoms with Crippen molar-refractivity contribution in [1.82, 2.24) is 5.32 Å². The summed E-state index contributed by atoms with van der Waals surface area (Å²) in [6.45, 7) is 2.92. The Morgan fingerprint density at radius 1 is 1.05 bits per heavy atom. The number of anilines is 1. The third-order valence-corrected chi connectivity index (χ3v) is 3.75. The maximum atomic E-state index is 11.9. The first-order valence-electron chi connectivity index (χ1n) is 7.06. The Morgan fingerprint density at radius 3 is 2.45 bits per heavy atom. The van der Waals surface area contributed by atoms with Crippen LogP contribution in [0.25, 0.3) is 0 Å². The first-order valence-corrected chi connectivity index (χ1v) is 7.81. The number of carbonyl (C=O) groups is 1. The van der Waals surface area contributed by atoms with Gasteiger partial charge in [0, 0.05) is 15.7 Å². The van der Waals surface area contributed by atoms with E-state index in [1.165, 1.54) is 5.56 Å². The summed E-state index contributed by atoms with van der Waals surface area (Å²) in [7, 11) is 0. The van der Waals surface area contributed by atoms with E-state index < -0.39 is 0 Å². The molecule has 0 aliphatic carbocycles. The van der Waals surface area contributed by atoms with Gasteiger partial charge in [-0.3, -0.25) is 4.79 Å². The molecule has 0 bridgehead atoms. The fraction of sp³-hybridized carbons (Fsp3) is 0.235. The summed E-state index contributed by atoms with van der Waals surface area (Å²) < 4.78 is 0. The first kappa shape index (κ1) is 16.8. The minimum atomic E-state index is -0.0820. The van der Waals surface area contributed by atoms with Crippen molar-refractivity contribution in [2.75, 3.05) is 18.4 Å². The molecule has 116 valence electrons. The number of rotatable bonds is 6. The van der Waals surface area contributed by atoms with E-state index in [9.17, 15) is 4.79 Å². The standard InChI is InChI=1S/C17H18Cl2N2O/c1-12-2-5-15(19)10-16(12)21-17(22)11-20-9-8-13-3-6-14(18)7-4-13/h2-7,10,20H,8-9,11H2,1H3,(H,21,22). The summed E-state index contributed by atoms with van der Waals surface area (Å²) in [5.41, 5.74) is 2.92. The van der Waals surface area contributed by atoms with Crippen LogP contribution in [0, 0.1) is 6.92 Å². The lowest BCUT2D eigenvalue weighted by molar-refractivity contribution is -0.115. The summed E-state index contributed by atoms with van der Waals surface area (Å²) in [6, 6.07) is 13.1. The molecular weight excluding hydrogens is 319 g/mol. The van der Waals surface area contributed by atoms with Gasteiger partial charge in [0.1, 0.15) is 0 Å². The van der Waals surface area contributed by atoms with E-state index in [0.717, 1.165) is 29.2 Å². The van der Waals surface area contributed by atoms with E-state index in [-0.39, 0.29) is 12.5 Å². The molecule has 0 aliphatic rings. The second kappa shape index (κ2) is 8.18. The van der Waals surface area contributed by atoms with Gasteiger partial charge in [-0.05, 0) is 55.3 Å². The zero-order valence-corrected chi connectivity index (χ0v) is 13.8. The molecule has 2 N–H and O–H groups in total. The number of hydrogen-bond acceptors (Lipinski definition) is 2. The summed E-state index contributed by atoms with van der Waals surface area (Å²) in [5.74, 6) is -0.0820. The van der Waals surface area contributed by atoms with Gasteiger partial charge < -0.3 is 10.6 Å². The fourth-order valence-electron chi connectivity index (χ4n) is 2.01. The van der Waals surface area contributed by atoms with Crippen molar-refractivity contribution in [2.24, 2.45) is 0 Å². The Kier molecular flexibility index (Phi) is 6.25. The van der Waals surface area contributed by atoms with Crippen molar-refractivity contribution >= 4 is 34.8 Å². The molecule has 22 heavy (non-hydrogen) atoms. The molecule has 0 aromatic heterocycles.